The van der Waals surface area contributed by atoms with Gasteiger partial charge in [-0.1, -0.05) is 64.7 Å². The van der Waals surface area contributed by atoms with E-state index in [2.05, 4.69) is 11.9 Å². The number of hydrogen-bond acceptors (Lipinski definition) is 4. The van der Waals surface area contributed by atoms with Crippen molar-refractivity contribution in [2.45, 2.75) is 77.6 Å². The number of carboxylic acids is 1. The average molecular weight is 326 g/mol. The Hall–Kier alpha value is -0.940. The van der Waals surface area contributed by atoms with Crippen molar-refractivity contribution in [1.29, 1.82) is 0 Å². The number of carbonyl (C=O) groups is 1. The van der Waals surface area contributed by atoms with Crippen LogP contribution in [0.1, 0.15) is 77.6 Å². The van der Waals surface area contributed by atoms with E-state index in [0.29, 0.717) is 13.1 Å². The number of amidine groups is 1. The van der Waals surface area contributed by atoms with Crippen LogP contribution in [-0.4, -0.2) is 47.8 Å². The zero-order valence-electron chi connectivity index (χ0n) is 14.8. The number of aliphatic hydroxyl groups is 1. The molecule has 0 amide bonds. The molecule has 1 aliphatic heterocycles. The van der Waals surface area contributed by atoms with E-state index in [0.717, 1.165) is 25.1 Å². The highest BCUT2D eigenvalue weighted by molar-refractivity contribution is 5.79. The molecule has 0 aromatic heterocycles. The number of aliphatic imine (C=N–C) groups is 1. The highest BCUT2D eigenvalue weighted by Gasteiger charge is 2.37. The molecule has 0 aliphatic carbocycles. The first-order valence-electron chi connectivity index (χ1n) is 9.35. The van der Waals surface area contributed by atoms with Gasteiger partial charge in [-0.2, -0.15) is 0 Å². The molecule has 1 unspecified atom stereocenters. The van der Waals surface area contributed by atoms with Crippen molar-refractivity contribution in [2.75, 3.05) is 26.4 Å². The molecule has 134 valence electrons. The normalized spacial score (nSPS) is 20.7. The molecule has 1 aliphatic rings. The molecular weight excluding hydrogens is 292 g/mol. The lowest BCUT2D eigenvalue weighted by atomic mass is 10.1. The molecule has 1 rings (SSSR count). The number of aliphatic carboxylic acids is 1. The van der Waals surface area contributed by atoms with Gasteiger partial charge >= 0.3 is 0 Å². The minimum atomic E-state index is -1.11. The van der Waals surface area contributed by atoms with Crippen LogP contribution in [-0.2, 0) is 4.79 Å². The molecule has 0 aromatic rings. The predicted molar refractivity (Wildman–Crippen MR) is 90.9 cm³/mol. The van der Waals surface area contributed by atoms with Crippen molar-refractivity contribution in [3.8, 4) is 0 Å². The summed E-state index contributed by atoms with van der Waals surface area (Å²) in [6.45, 7) is 3.09. The third-order valence-electron chi connectivity index (χ3n) is 4.83. The fourth-order valence-corrected chi connectivity index (χ4v) is 3.36. The molecule has 1 heterocycles. The van der Waals surface area contributed by atoms with E-state index in [1.807, 2.05) is 0 Å². The van der Waals surface area contributed by atoms with Crippen molar-refractivity contribution < 1.29 is 19.5 Å². The Morgan fingerprint density at radius 1 is 1.09 bits per heavy atom. The van der Waals surface area contributed by atoms with E-state index < -0.39 is 5.97 Å². The summed E-state index contributed by atoms with van der Waals surface area (Å²) < 4.78 is 0.0831. The highest BCUT2D eigenvalue weighted by atomic mass is 16.4. The molecule has 0 bridgehead atoms. The quantitative estimate of drug-likeness (QED) is 0.393. The van der Waals surface area contributed by atoms with Gasteiger partial charge in [0.25, 0.3) is 0 Å². The predicted octanol–water partition coefficient (Wildman–Crippen LogP) is 2.23. The molecule has 0 radical (unpaired) electrons. The van der Waals surface area contributed by atoms with Crippen LogP contribution in [0.3, 0.4) is 0 Å². The Bertz CT molecular complexity index is 371. The lowest BCUT2D eigenvalue weighted by Gasteiger charge is -2.32. The second-order valence-corrected chi connectivity index (χ2v) is 6.77. The molecule has 0 aromatic carbocycles. The number of aliphatic hydroxyl groups excluding tert-OH is 1. The van der Waals surface area contributed by atoms with Crippen molar-refractivity contribution in [3.63, 3.8) is 0 Å². The smallest absolute Gasteiger partial charge is 0.200 e. The standard InChI is InChI=1S/C18H34N2O3/c1-2-3-4-5-6-7-8-9-10-11-12-17-19-13-14-20(17,16-21)15-18(22)23/h21H,2-16H2,1H3. The van der Waals surface area contributed by atoms with Gasteiger partial charge in [0.05, 0.1) is 12.5 Å². The lowest BCUT2D eigenvalue weighted by molar-refractivity contribution is -0.851. The van der Waals surface area contributed by atoms with E-state index in [-0.39, 0.29) is 17.8 Å². The number of quaternary nitrogens is 1. The molecule has 5 nitrogen and oxygen atoms in total. The molecule has 0 saturated heterocycles. The average Bonchev–Trinajstić information content (AvgIpc) is 2.91. The van der Waals surface area contributed by atoms with E-state index in [1.165, 1.54) is 51.4 Å². The number of carboxylic acid groups (broad SMARTS) is 1. The summed E-state index contributed by atoms with van der Waals surface area (Å²) in [7, 11) is 0. The number of nitrogens with zero attached hydrogens (tertiary/aromatic N) is 2. The molecule has 0 spiro atoms. The van der Waals surface area contributed by atoms with Crippen molar-refractivity contribution >= 4 is 11.8 Å². The summed E-state index contributed by atoms with van der Waals surface area (Å²) in [4.78, 5) is 15.3. The first-order chi connectivity index (χ1) is 11.1. The summed E-state index contributed by atoms with van der Waals surface area (Å²) in [6, 6.07) is 0. The fraction of sp³-hybridized carbons (Fsp3) is 0.889. The molecule has 1 N–H and O–H groups in total. The minimum absolute atomic E-state index is 0.0831. The zero-order chi connectivity index (χ0) is 17.0. The summed E-state index contributed by atoms with van der Waals surface area (Å²) in [6.07, 6.45) is 13.6. The highest BCUT2D eigenvalue weighted by Crippen LogP contribution is 2.19. The Morgan fingerprint density at radius 3 is 2.17 bits per heavy atom. The number of hydrogen-bond donors (Lipinski definition) is 1. The summed E-state index contributed by atoms with van der Waals surface area (Å²) in [5.41, 5.74) is 0. The van der Waals surface area contributed by atoms with Gasteiger partial charge in [0.15, 0.2) is 6.73 Å². The molecule has 1 atom stereocenters. The monoisotopic (exact) mass is 326 g/mol. The van der Waals surface area contributed by atoms with Gasteiger partial charge < -0.3 is 15.0 Å². The summed E-state index contributed by atoms with van der Waals surface area (Å²) in [5.74, 6) is -0.270. The molecular formula is C18H34N2O3. The second-order valence-electron chi connectivity index (χ2n) is 6.77. The topological polar surface area (TPSA) is 72.7 Å². The Balaban J connectivity index is 2.11. The van der Waals surface area contributed by atoms with E-state index in [1.54, 1.807) is 0 Å². The van der Waals surface area contributed by atoms with Crippen LogP contribution in [0.5, 0.6) is 0 Å². The third-order valence-corrected chi connectivity index (χ3v) is 4.83. The number of carbonyl (C=O) groups excluding carboxylic acids is 1. The Labute approximate surface area is 141 Å². The maximum Gasteiger partial charge on any atom is 0.200 e. The van der Waals surface area contributed by atoms with E-state index in [9.17, 15) is 15.0 Å². The maximum atomic E-state index is 10.9. The van der Waals surface area contributed by atoms with Crippen LogP contribution in [0.4, 0.5) is 0 Å². The maximum absolute atomic E-state index is 10.9. The SMILES string of the molecule is CCCCCCCCCCCCC1=NCC[N+]1(CO)CC(=O)[O-]. The Kier molecular flexibility index (Phi) is 10.1. The molecule has 5 heteroatoms. The third kappa shape index (κ3) is 7.44. The van der Waals surface area contributed by atoms with Crippen LogP contribution < -0.4 is 5.11 Å². The van der Waals surface area contributed by atoms with Crippen LogP contribution in [0.15, 0.2) is 4.99 Å². The zero-order valence-corrected chi connectivity index (χ0v) is 14.8. The van der Waals surface area contributed by atoms with Crippen LogP contribution in [0.2, 0.25) is 0 Å². The summed E-state index contributed by atoms with van der Waals surface area (Å²) in [5, 5.41) is 20.5. The molecule has 0 saturated carbocycles. The lowest BCUT2D eigenvalue weighted by Crippen LogP contribution is -2.56. The second kappa shape index (κ2) is 11.6. The first-order valence-corrected chi connectivity index (χ1v) is 9.35. The van der Waals surface area contributed by atoms with Crippen LogP contribution in [0, 0.1) is 0 Å². The summed E-state index contributed by atoms with van der Waals surface area (Å²) >= 11 is 0. The Morgan fingerprint density at radius 2 is 1.65 bits per heavy atom. The number of unbranched alkanes of at least 4 members (excludes halogenated alkanes) is 9. The minimum Gasteiger partial charge on any atom is -0.544 e. The van der Waals surface area contributed by atoms with Crippen molar-refractivity contribution in [2.24, 2.45) is 4.99 Å². The van der Waals surface area contributed by atoms with Gasteiger partial charge in [0.2, 0.25) is 5.84 Å². The largest absolute Gasteiger partial charge is 0.544 e. The van der Waals surface area contributed by atoms with Gasteiger partial charge in [-0.05, 0) is 6.42 Å². The van der Waals surface area contributed by atoms with E-state index >= 15 is 0 Å². The van der Waals surface area contributed by atoms with Gasteiger partial charge in [-0.25, -0.2) is 4.99 Å². The van der Waals surface area contributed by atoms with Crippen LogP contribution >= 0.6 is 0 Å². The first kappa shape index (κ1) is 20.1. The fourth-order valence-electron chi connectivity index (χ4n) is 3.36. The molecule has 23 heavy (non-hydrogen) atoms. The van der Waals surface area contributed by atoms with Crippen LogP contribution in [0.25, 0.3) is 0 Å². The van der Waals surface area contributed by atoms with Gasteiger partial charge in [-0.15, -0.1) is 0 Å². The van der Waals surface area contributed by atoms with E-state index in [4.69, 9.17) is 0 Å². The van der Waals surface area contributed by atoms with Gasteiger partial charge in [0.1, 0.15) is 13.1 Å². The molecule has 0 fully saturated rings. The van der Waals surface area contributed by atoms with Crippen molar-refractivity contribution in [3.05, 3.63) is 0 Å². The number of rotatable bonds is 14. The van der Waals surface area contributed by atoms with Crippen molar-refractivity contribution in [1.82, 2.24) is 0 Å². The van der Waals surface area contributed by atoms with Gasteiger partial charge in [0, 0.05) is 6.42 Å². The van der Waals surface area contributed by atoms with Gasteiger partial charge in [-0.3, -0.25) is 4.48 Å².